The number of nitrogen functional groups attached to an aromatic ring is 1. The molecule has 8 nitrogen and oxygen atoms in total. The second-order valence-corrected chi connectivity index (χ2v) is 10.9. The Morgan fingerprint density at radius 3 is 2.70 bits per heavy atom. The molecule has 1 fully saturated rings. The van der Waals surface area contributed by atoms with Crippen LogP contribution in [0.2, 0.25) is 5.28 Å². The van der Waals surface area contributed by atoms with Gasteiger partial charge in [0.2, 0.25) is 15.3 Å². The Hall–Kier alpha value is -2.15. The van der Waals surface area contributed by atoms with E-state index in [9.17, 15) is 21.6 Å². The molecule has 0 spiro atoms. The molecule has 1 unspecified atom stereocenters. The summed E-state index contributed by atoms with van der Waals surface area (Å²) < 4.78 is 67.2. The van der Waals surface area contributed by atoms with Crippen LogP contribution in [0.15, 0.2) is 18.2 Å². The highest BCUT2D eigenvalue weighted by molar-refractivity contribution is 7.89. The highest BCUT2D eigenvalue weighted by atomic mass is 35.5. The van der Waals surface area contributed by atoms with Crippen LogP contribution in [0.5, 0.6) is 0 Å². The number of halogens is 4. The van der Waals surface area contributed by atoms with Gasteiger partial charge in [0.05, 0.1) is 29.1 Å². The van der Waals surface area contributed by atoms with E-state index in [4.69, 9.17) is 17.3 Å². The highest BCUT2D eigenvalue weighted by Crippen LogP contribution is 2.36. The number of nitrogens with two attached hydrogens (primary N) is 1. The predicted molar refractivity (Wildman–Crippen MR) is 119 cm³/mol. The largest absolute Gasteiger partial charge is 0.416 e. The summed E-state index contributed by atoms with van der Waals surface area (Å²) in [6, 6.07) is 2.73. The number of anilines is 2. The van der Waals surface area contributed by atoms with Crippen molar-refractivity contribution < 1.29 is 21.6 Å². The van der Waals surface area contributed by atoms with Crippen molar-refractivity contribution in [2.24, 2.45) is 0 Å². The summed E-state index contributed by atoms with van der Waals surface area (Å²) in [7, 11) is -3.58. The number of fused-ring (bicyclic) bond motifs is 1. The van der Waals surface area contributed by atoms with Gasteiger partial charge < -0.3 is 16.4 Å². The number of benzene rings is 1. The average molecular weight is 505 g/mol. The third kappa shape index (κ3) is 5.03. The topological polar surface area (TPSA) is 113 Å². The minimum absolute atomic E-state index is 0.0159. The van der Waals surface area contributed by atoms with Crippen LogP contribution in [0.4, 0.5) is 24.7 Å². The lowest BCUT2D eigenvalue weighted by atomic mass is 10.0. The average Bonchev–Trinajstić information content (AvgIpc) is 3.18. The molecular formula is C20H24ClF3N6O2S. The molecule has 0 bridgehead atoms. The van der Waals surface area contributed by atoms with Gasteiger partial charge in [0, 0.05) is 24.3 Å². The van der Waals surface area contributed by atoms with Gasteiger partial charge in [0.1, 0.15) is 5.82 Å². The number of nitrogens with one attached hydrogen (secondary N) is 2. The molecule has 2 aliphatic rings. The summed E-state index contributed by atoms with van der Waals surface area (Å²) in [5.41, 5.74) is 6.15. The highest BCUT2D eigenvalue weighted by Gasteiger charge is 2.38. The predicted octanol–water partition coefficient (Wildman–Crippen LogP) is 3.30. The molecule has 0 saturated carbocycles. The molecule has 1 aromatic heterocycles. The summed E-state index contributed by atoms with van der Waals surface area (Å²) in [6.07, 6.45) is -3.18. The first-order chi connectivity index (χ1) is 15.4. The number of sulfonamides is 1. The standard InChI is InChI=1S/C20H24ClF3N6O2S/c1-11(12-5-13(20(22,23)24)7-14(25)6-12)27-18-16-9-30(10-17(16)28-19(21)29-18)33(31,32)15-3-2-4-26-8-15/h5-7,11,15,26H,2-4,8-10,25H2,1H3,(H,27,28,29)/t11-,15?/m1/s1. The van der Waals surface area contributed by atoms with Gasteiger partial charge in [-0.15, -0.1) is 0 Å². The number of nitrogens with zero attached hydrogens (tertiary/aromatic N) is 3. The van der Waals surface area contributed by atoms with Crippen molar-refractivity contribution in [3.8, 4) is 0 Å². The number of rotatable bonds is 5. The zero-order valence-corrected chi connectivity index (χ0v) is 19.4. The molecule has 180 valence electrons. The van der Waals surface area contributed by atoms with Gasteiger partial charge in [-0.25, -0.2) is 18.4 Å². The van der Waals surface area contributed by atoms with Crippen LogP contribution in [-0.2, 0) is 29.3 Å². The number of alkyl halides is 3. The van der Waals surface area contributed by atoms with Gasteiger partial charge in [-0.2, -0.15) is 17.5 Å². The van der Waals surface area contributed by atoms with Gasteiger partial charge in [0.25, 0.3) is 0 Å². The van der Waals surface area contributed by atoms with E-state index in [1.807, 2.05) is 0 Å². The molecule has 33 heavy (non-hydrogen) atoms. The van der Waals surface area contributed by atoms with Crippen LogP contribution in [-0.4, -0.2) is 41.0 Å². The molecule has 2 atom stereocenters. The van der Waals surface area contributed by atoms with Crippen molar-refractivity contribution >= 4 is 33.1 Å². The molecule has 2 aromatic rings. The summed E-state index contributed by atoms with van der Waals surface area (Å²) in [4.78, 5) is 8.38. The second-order valence-electron chi connectivity index (χ2n) is 8.30. The SMILES string of the molecule is C[C@@H](Nc1nc(Cl)nc2c1CN(S(=O)(=O)C1CCCNC1)C2)c1cc(N)cc(C(F)(F)F)c1. The van der Waals surface area contributed by atoms with Gasteiger partial charge in [0.15, 0.2) is 0 Å². The third-order valence-electron chi connectivity index (χ3n) is 5.92. The van der Waals surface area contributed by atoms with Crippen LogP contribution >= 0.6 is 11.6 Å². The van der Waals surface area contributed by atoms with Crippen molar-refractivity contribution in [1.29, 1.82) is 0 Å². The van der Waals surface area contributed by atoms with Gasteiger partial charge in [-0.3, -0.25) is 0 Å². The maximum atomic E-state index is 13.2. The Bertz CT molecular complexity index is 1160. The summed E-state index contributed by atoms with van der Waals surface area (Å²) in [5.74, 6) is 0.285. The van der Waals surface area contributed by atoms with Crippen molar-refractivity contribution in [3.63, 3.8) is 0 Å². The monoisotopic (exact) mass is 504 g/mol. The fraction of sp³-hybridized carbons (Fsp3) is 0.500. The summed E-state index contributed by atoms with van der Waals surface area (Å²) >= 11 is 6.07. The Morgan fingerprint density at radius 2 is 2.03 bits per heavy atom. The van der Waals surface area contributed by atoms with Crippen LogP contribution in [0.3, 0.4) is 0 Å². The minimum Gasteiger partial charge on any atom is -0.399 e. The zero-order valence-electron chi connectivity index (χ0n) is 17.8. The van der Waals surface area contributed by atoms with Crippen LogP contribution in [0.1, 0.15) is 48.2 Å². The molecule has 4 rings (SSSR count). The maximum absolute atomic E-state index is 13.2. The molecule has 1 saturated heterocycles. The van der Waals surface area contributed by atoms with Crippen molar-refractivity contribution in [2.45, 2.75) is 50.3 Å². The summed E-state index contributed by atoms with van der Waals surface area (Å²) in [6.45, 7) is 2.97. The normalized spacial score (nSPS) is 20.5. The van der Waals surface area contributed by atoms with E-state index in [1.54, 1.807) is 6.92 Å². The van der Waals surface area contributed by atoms with E-state index < -0.39 is 33.1 Å². The molecule has 0 radical (unpaired) electrons. The summed E-state index contributed by atoms with van der Waals surface area (Å²) in [5, 5.41) is 5.58. The lowest BCUT2D eigenvalue weighted by Gasteiger charge is -2.27. The lowest BCUT2D eigenvalue weighted by Crippen LogP contribution is -2.44. The van der Waals surface area contributed by atoms with Crippen molar-refractivity contribution in [2.75, 3.05) is 24.1 Å². The first kappa shape index (κ1) is 24.0. The van der Waals surface area contributed by atoms with E-state index in [-0.39, 0.29) is 29.9 Å². The van der Waals surface area contributed by atoms with E-state index in [2.05, 4.69) is 20.6 Å². The van der Waals surface area contributed by atoms with E-state index in [0.29, 0.717) is 29.8 Å². The molecule has 0 amide bonds. The Kier molecular flexibility index (Phi) is 6.47. The number of hydrogen-bond acceptors (Lipinski definition) is 7. The molecule has 3 heterocycles. The van der Waals surface area contributed by atoms with Crippen LogP contribution in [0, 0.1) is 0 Å². The Labute approximate surface area is 194 Å². The second kappa shape index (κ2) is 8.90. The number of aromatic nitrogens is 2. The fourth-order valence-corrected chi connectivity index (χ4v) is 6.17. The number of piperidine rings is 1. The molecular weight excluding hydrogens is 481 g/mol. The first-order valence-electron chi connectivity index (χ1n) is 10.4. The zero-order chi connectivity index (χ0) is 24.0. The van der Waals surface area contributed by atoms with E-state index in [0.717, 1.165) is 25.1 Å². The van der Waals surface area contributed by atoms with Gasteiger partial charge in [-0.05, 0) is 61.7 Å². The van der Waals surface area contributed by atoms with Gasteiger partial charge >= 0.3 is 6.18 Å². The molecule has 2 aliphatic heterocycles. The van der Waals surface area contributed by atoms with E-state index >= 15 is 0 Å². The quantitative estimate of drug-likeness (QED) is 0.423. The Morgan fingerprint density at radius 1 is 1.27 bits per heavy atom. The Balaban J connectivity index is 1.59. The van der Waals surface area contributed by atoms with Gasteiger partial charge in [-0.1, -0.05) is 0 Å². The maximum Gasteiger partial charge on any atom is 0.416 e. The smallest absolute Gasteiger partial charge is 0.399 e. The number of hydrogen-bond donors (Lipinski definition) is 3. The van der Waals surface area contributed by atoms with Crippen LogP contribution < -0.4 is 16.4 Å². The van der Waals surface area contributed by atoms with Crippen molar-refractivity contribution in [1.82, 2.24) is 19.6 Å². The van der Waals surface area contributed by atoms with E-state index in [1.165, 1.54) is 10.4 Å². The molecule has 13 heteroatoms. The third-order valence-corrected chi connectivity index (χ3v) is 8.31. The van der Waals surface area contributed by atoms with Crippen molar-refractivity contribution in [3.05, 3.63) is 45.9 Å². The minimum atomic E-state index is -4.54. The molecule has 4 N–H and O–H groups in total. The fourth-order valence-electron chi connectivity index (χ4n) is 4.16. The lowest BCUT2D eigenvalue weighted by molar-refractivity contribution is -0.137. The first-order valence-corrected chi connectivity index (χ1v) is 12.3. The molecule has 1 aromatic carbocycles. The molecule has 0 aliphatic carbocycles. The van der Waals surface area contributed by atoms with Crippen LogP contribution in [0.25, 0.3) is 0 Å².